The maximum Gasteiger partial charge on any atom is 0.0680 e. The first-order valence-corrected chi connectivity index (χ1v) is 9.04. The van der Waals surface area contributed by atoms with Crippen LogP contribution in [0.15, 0.2) is 54.7 Å². The second-order valence-corrected chi connectivity index (χ2v) is 8.16. The van der Waals surface area contributed by atoms with Crippen LogP contribution in [0.25, 0.3) is 16.8 Å². The van der Waals surface area contributed by atoms with Gasteiger partial charge in [0.15, 0.2) is 0 Å². The molecule has 0 bridgehead atoms. The van der Waals surface area contributed by atoms with E-state index in [1.54, 1.807) is 0 Å². The predicted molar refractivity (Wildman–Crippen MR) is 106 cm³/mol. The molecule has 0 unspecified atom stereocenters. The van der Waals surface area contributed by atoms with Crippen molar-refractivity contribution in [3.05, 3.63) is 71.5 Å². The Hall–Kier alpha value is -2.35. The minimum absolute atomic E-state index is 0.381. The number of benzene rings is 2. The third-order valence-corrected chi connectivity index (χ3v) is 4.63. The van der Waals surface area contributed by atoms with Crippen molar-refractivity contribution in [3.63, 3.8) is 0 Å². The highest BCUT2D eigenvalue weighted by molar-refractivity contribution is 5.67. The van der Waals surface area contributed by atoms with E-state index < -0.39 is 0 Å². The first-order chi connectivity index (χ1) is 11.8. The molecule has 0 saturated carbocycles. The molecular weight excluding hydrogens is 304 g/mol. The summed E-state index contributed by atoms with van der Waals surface area (Å²) in [5, 5.41) is 4.55. The second-order valence-electron chi connectivity index (χ2n) is 8.16. The predicted octanol–water partition coefficient (Wildman–Crippen LogP) is 6.13. The average Bonchev–Trinajstić information content (AvgIpc) is 2.99. The van der Waals surface area contributed by atoms with E-state index in [1.165, 1.54) is 28.7 Å². The zero-order valence-corrected chi connectivity index (χ0v) is 16.0. The Bertz CT molecular complexity index is 849. The number of hydrogen-bond donors (Lipinski definition) is 0. The minimum Gasteiger partial charge on any atom is -0.240 e. The molecule has 130 valence electrons. The Morgan fingerprint density at radius 3 is 2.16 bits per heavy atom. The second kappa shape index (κ2) is 6.87. The van der Waals surface area contributed by atoms with E-state index in [0.29, 0.717) is 5.41 Å². The van der Waals surface area contributed by atoms with Crippen LogP contribution in [0.5, 0.6) is 0 Å². The van der Waals surface area contributed by atoms with Crippen LogP contribution in [-0.2, 0) is 6.42 Å². The summed E-state index contributed by atoms with van der Waals surface area (Å²) in [7, 11) is 0. The largest absolute Gasteiger partial charge is 0.240 e. The van der Waals surface area contributed by atoms with Crippen LogP contribution in [0.3, 0.4) is 0 Å². The van der Waals surface area contributed by atoms with Crippen LogP contribution < -0.4 is 0 Å². The van der Waals surface area contributed by atoms with Gasteiger partial charge in [-0.3, -0.25) is 0 Å². The molecule has 2 aromatic carbocycles. The molecule has 25 heavy (non-hydrogen) atoms. The molecule has 0 aliphatic rings. The Morgan fingerprint density at radius 1 is 0.880 bits per heavy atom. The van der Waals surface area contributed by atoms with Crippen LogP contribution in [-0.4, -0.2) is 9.78 Å². The Balaban J connectivity index is 1.84. The van der Waals surface area contributed by atoms with Crippen LogP contribution in [0.2, 0.25) is 0 Å². The van der Waals surface area contributed by atoms with Gasteiger partial charge in [0.2, 0.25) is 0 Å². The van der Waals surface area contributed by atoms with Crippen molar-refractivity contribution >= 4 is 0 Å². The van der Waals surface area contributed by atoms with Crippen molar-refractivity contribution in [2.75, 3.05) is 0 Å². The summed E-state index contributed by atoms with van der Waals surface area (Å²) in [4.78, 5) is 0. The topological polar surface area (TPSA) is 17.8 Å². The number of hydrogen-bond acceptors (Lipinski definition) is 1. The summed E-state index contributed by atoms with van der Waals surface area (Å²) in [6.07, 6.45) is 4.37. The van der Waals surface area contributed by atoms with Crippen LogP contribution in [0.1, 0.15) is 44.0 Å². The standard InChI is InChI=1S/C23H28N2/c1-17-6-9-21(16-22(17)25-15-13-18(2)24-25)20-10-7-19(8-11-20)12-14-23(3,4)5/h6-11,13,15-16H,12,14H2,1-5H3. The third kappa shape index (κ3) is 4.39. The molecule has 1 heterocycles. The van der Waals surface area contributed by atoms with Crippen molar-refractivity contribution < 1.29 is 0 Å². The third-order valence-electron chi connectivity index (χ3n) is 4.63. The smallest absolute Gasteiger partial charge is 0.0680 e. The zero-order chi connectivity index (χ0) is 18.0. The molecular formula is C23H28N2. The highest BCUT2D eigenvalue weighted by Gasteiger charge is 2.10. The SMILES string of the molecule is Cc1ccn(-c2cc(-c3ccc(CCC(C)(C)C)cc3)ccc2C)n1. The highest BCUT2D eigenvalue weighted by Crippen LogP contribution is 2.26. The van der Waals surface area contributed by atoms with E-state index in [2.05, 4.69) is 75.3 Å². The van der Waals surface area contributed by atoms with E-state index in [0.717, 1.165) is 17.8 Å². The van der Waals surface area contributed by atoms with Gasteiger partial charge in [0.1, 0.15) is 0 Å². The summed E-state index contributed by atoms with van der Waals surface area (Å²) in [5.41, 5.74) is 7.69. The zero-order valence-electron chi connectivity index (χ0n) is 16.0. The van der Waals surface area contributed by atoms with Gasteiger partial charge < -0.3 is 0 Å². The maximum absolute atomic E-state index is 4.55. The van der Waals surface area contributed by atoms with Crippen molar-refractivity contribution in [1.82, 2.24) is 9.78 Å². The van der Waals surface area contributed by atoms with E-state index in [1.807, 2.05) is 23.9 Å². The molecule has 0 fully saturated rings. The maximum atomic E-state index is 4.55. The lowest BCUT2D eigenvalue weighted by Gasteiger charge is -2.17. The first-order valence-electron chi connectivity index (χ1n) is 9.04. The highest BCUT2D eigenvalue weighted by atomic mass is 15.3. The van der Waals surface area contributed by atoms with Gasteiger partial charge in [-0.05, 0) is 66.5 Å². The summed E-state index contributed by atoms with van der Waals surface area (Å²) in [5.74, 6) is 0. The Morgan fingerprint density at radius 2 is 1.56 bits per heavy atom. The van der Waals surface area contributed by atoms with Crippen molar-refractivity contribution in [2.45, 2.75) is 47.5 Å². The fraction of sp³-hybridized carbons (Fsp3) is 0.348. The normalized spacial score (nSPS) is 11.7. The van der Waals surface area contributed by atoms with Crippen LogP contribution in [0.4, 0.5) is 0 Å². The number of aromatic nitrogens is 2. The fourth-order valence-corrected chi connectivity index (χ4v) is 2.97. The lowest BCUT2D eigenvalue weighted by Crippen LogP contribution is -2.06. The Labute approximate surface area is 151 Å². The summed E-state index contributed by atoms with van der Waals surface area (Å²) < 4.78 is 1.96. The lowest BCUT2D eigenvalue weighted by molar-refractivity contribution is 0.378. The van der Waals surface area contributed by atoms with Crippen LogP contribution >= 0.6 is 0 Å². The molecule has 0 N–H and O–H groups in total. The minimum atomic E-state index is 0.381. The van der Waals surface area contributed by atoms with Gasteiger partial charge in [0, 0.05) is 6.20 Å². The summed E-state index contributed by atoms with van der Waals surface area (Å²) in [6.45, 7) is 11.0. The fourth-order valence-electron chi connectivity index (χ4n) is 2.97. The Kier molecular flexibility index (Phi) is 4.80. The van der Waals surface area contributed by atoms with Gasteiger partial charge in [0.05, 0.1) is 11.4 Å². The monoisotopic (exact) mass is 332 g/mol. The number of rotatable bonds is 4. The van der Waals surface area contributed by atoms with Crippen molar-refractivity contribution in [3.8, 4) is 16.8 Å². The molecule has 3 rings (SSSR count). The molecule has 0 spiro atoms. The van der Waals surface area contributed by atoms with E-state index in [-0.39, 0.29) is 0 Å². The summed E-state index contributed by atoms with van der Waals surface area (Å²) >= 11 is 0. The molecule has 0 amide bonds. The van der Waals surface area contributed by atoms with Crippen LogP contribution in [0, 0.1) is 19.3 Å². The molecule has 2 heteroatoms. The number of aryl methyl sites for hydroxylation is 3. The molecule has 0 saturated heterocycles. The van der Waals surface area contributed by atoms with E-state index in [9.17, 15) is 0 Å². The lowest BCUT2D eigenvalue weighted by atomic mass is 9.88. The van der Waals surface area contributed by atoms with Gasteiger partial charge in [-0.2, -0.15) is 5.10 Å². The van der Waals surface area contributed by atoms with E-state index >= 15 is 0 Å². The first kappa shape index (κ1) is 17.5. The molecule has 0 radical (unpaired) electrons. The van der Waals surface area contributed by atoms with Gasteiger partial charge in [-0.15, -0.1) is 0 Å². The quantitative estimate of drug-likeness (QED) is 0.561. The van der Waals surface area contributed by atoms with Gasteiger partial charge in [-0.25, -0.2) is 4.68 Å². The molecule has 0 aliphatic carbocycles. The number of nitrogens with zero attached hydrogens (tertiary/aromatic N) is 2. The van der Waals surface area contributed by atoms with Gasteiger partial charge in [-0.1, -0.05) is 57.2 Å². The molecule has 3 aromatic rings. The van der Waals surface area contributed by atoms with Gasteiger partial charge >= 0.3 is 0 Å². The summed E-state index contributed by atoms with van der Waals surface area (Å²) in [6, 6.07) is 17.6. The molecule has 0 aliphatic heterocycles. The molecule has 1 aromatic heterocycles. The van der Waals surface area contributed by atoms with Crippen molar-refractivity contribution in [2.24, 2.45) is 5.41 Å². The van der Waals surface area contributed by atoms with Gasteiger partial charge in [0.25, 0.3) is 0 Å². The molecule has 0 atom stereocenters. The van der Waals surface area contributed by atoms with E-state index in [4.69, 9.17) is 0 Å². The average molecular weight is 332 g/mol. The molecule has 2 nitrogen and oxygen atoms in total. The van der Waals surface area contributed by atoms with Crippen molar-refractivity contribution in [1.29, 1.82) is 0 Å².